The molecule has 0 aliphatic carbocycles. The number of ether oxygens (including phenoxy) is 2. The fourth-order valence-electron chi connectivity index (χ4n) is 6.29. The predicted molar refractivity (Wildman–Crippen MR) is 221 cm³/mol. The first-order valence-corrected chi connectivity index (χ1v) is 18.6. The smallest absolute Gasteiger partial charge is 0.337 e. The van der Waals surface area contributed by atoms with Crippen LogP contribution in [0.1, 0.15) is 74.8 Å². The number of carboxylic acids is 2. The van der Waals surface area contributed by atoms with Crippen LogP contribution >= 0.6 is 0 Å². The fraction of sp³-hybridized carbons (Fsp3) is 0.167. The molecule has 0 bridgehead atoms. The first-order valence-electron chi connectivity index (χ1n) is 18.6. The molecule has 6 rings (SSSR count). The van der Waals surface area contributed by atoms with E-state index in [1.165, 1.54) is 25.3 Å². The minimum atomic E-state index is -0.939. The van der Waals surface area contributed by atoms with E-state index in [1.807, 2.05) is 84.9 Å². The number of carbonyl (C=O) groups is 4. The third-order valence-corrected chi connectivity index (χ3v) is 9.27. The van der Waals surface area contributed by atoms with E-state index in [-0.39, 0.29) is 23.1 Å². The predicted octanol–water partition coefficient (Wildman–Crippen LogP) is 8.75. The Labute approximate surface area is 338 Å². The Bertz CT molecular complexity index is 2100. The van der Waals surface area contributed by atoms with Gasteiger partial charge in [-0.1, -0.05) is 109 Å². The van der Waals surface area contributed by atoms with Gasteiger partial charge >= 0.3 is 23.9 Å². The quantitative estimate of drug-likeness (QED) is 0.0919. The van der Waals surface area contributed by atoms with Crippen molar-refractivity contribution in [2.75, 3.05) is 14.2 Å². The van der Waals surface area contributed by atoms with Gasteiger partial charge in [-0.05, 0) is 81.9 Å². The number of methoxy groups -OCH3 is 2. The third-order valence-electron chi connectivity index (χ3n) is 9.27. The second kappa shape index (κ2) is 21.4. The van der Waals surface area contributed by atoms with Crippen LogP contribution in [-0.2, 0) is 48.7 Å². The maximum absolute atomic E-state index is 11.7. The van der Waals surface area contributed by atoms with Gasteiger partial charge in [-0.15, -0.1) is 0 Å². The number of hydrogen-bond acceptors (Lipinski definition) is 8. The average molecular weight is 779 g/mol. The molecule has 0 radical (unpaired) electrons. The lowest BCUT2D eigenvalue weighted by Gasteiger charge is -2.23. The molecular formula is C48H46N2O8. The van der Waals surface area contributed by atoms with Crippen LogP contribution in [0, 0.1) is 0 Å². The largest absolute Gasteiger partial charge is 0.478 e. The van der Waals surface area contributed by atoms with E-state index in [0.717, 1.165) is 48.4 Å². The van der Waals surface area contributed by atoms with Gasteiger partial charge in [0, 0.05) is 39.3 Å². The monoisotopic (exact) mass is 778 g/mol. The number of carboxylic acid groups (broad SMARTS) is 2. The molecule has 10 heteroatoms. The summed E-state index contributed by atoms with van der Waals surface area (Å²) in [4.78, 5) is 50.0. The summed E-state index contributed by atoms with van der Waals surface area (Å²) in [5.41, 5.74) is 8.23. The molecule has 296 valence electrons. The highest BCUT2D eigenvalue weighted by molar-refractivity contribution is 5.90. The van der Waals surface area contributed by atoms with Crippen molar-refractivity contribution < 1.29 is 38.9 Å². The van der Waals surface area contributed by atoms with E-state index in [9.17, 15) is 19.2 Å². The highest BCUT2D eigenvalue weighted by atomic mass is 16.5. The first-order chi connectivity index (χ1) is 28.1. The summed E-state index contributed by atoms with van der Waals surface area (Å²) in [6.07, 6.45) is 0. The Balaban J connectivity index is 0.000000221. The van der Waals surface area contributed by atoms with Crippen LogP contribution in [0.5, 0.6) is 0 Å². The molecule has 0 fully saturated rings. The van der Waals surface area contributed by atoms with Crippen molar-refractivity contribution >= 4 is 23.9 Å². The second-order valence-corrected chi connectivity index (χ2v) is 13.6. The number of rotatable bonds is 16. The summed E-state index contributed by atoms with van der Waals surface area (Å²) in [6.45, 7) is 4.23. The van der Waals surface area contributed by atoms with E-state index in [4.69, 9.17) is 19.7 Å². The number of aromatic carboxylic acids is 2. The van der Waals surface area contributed by atoms with Gasteiger partial charge in [-0.3, -0.25) is 9.80 Å². The van der Waals surface area contributed by atoms with E-state index in [0.29, 0.717) is 24.2 Å². The number of benzene rings is 6. The van der Waals surface area contributed by atoms with Crippen molar-refractivity contribution in [1.29, 1.82) is 0 Å². The average Bonchev–Trinajstić information content (AvgIpc) is 3.25. The van der Waals surface area contributed by atoms with Crippen molar-refractivity contribution in [3.8, 4) is 0 Å². The molecule has 0 aliphatic rings. The van der Waals surface area contributed by atoms with Crippen molar-refractivity contribution in [1.82, 2.24) is 9.80 Å². The van der Waals surface area contributed by atoms with Gasteiger partial charge in [0.05, 0.1) is 36.5 Å². The number of esters is 2. The Morgan fingerprint density at radius 3 is 0.810 bits per heavy atom. The minimum absolute atomic E-state index is 0.266. The second-order valence-electron chi connectivity index (χ2n) is 13.6. The molecule has 0 aliphatic heterocycles. The molecule has 6 aromatic carbocycles. The normalized spacial score (nSPS) is 10.7. The number of carbonyl (C=O) groups excluding carboxylic acids is 2. The van der Waals surface area contributed by atoms with Crippen LogP contribution in [0.2, 0.25) is 0 Å². The van der Waals surface area contributed by atoms with Gasteiger partial charge in [0.25, 0.3) is 0 Å². The van der Waals surface area contributed by atoms with E-state index < -0.39 is 11.9 Å². The molecule has 0 amide bonds. The van der Waals surface area contributed by atoms with Crippen LogP contribution in [0.15, 0.2) is 158 Å². The maximum Gasteiger partial charge on any atom is 0.337 e. The molecule has 0 unspecified atom stereocenters. The van der Waals surface area contributed by atoms with Gasteiger partial charge in [-0.2, -0.15) is 0 Å². The molecular weight excluding hydrogens is 733 g/mol. The standard InChI is InChI=1S/C25H25NO4.C23H21NO4/c1-29-24(27)22-12-8-20(9-13-22)17-26(16-19-6-4-3-5-7-19)18-21-10-14-23(15-11-21)25(28)30-2;25-22(26)20-10-6-18(7-11-20)15-24(14-17-4-2-1-3-5-17)16-19-8-12-21(13-9-19)23(27)28/h3-15H,16-18H2,1-2H3;1-13H,14-16H2,(H,25,26)(H,27,28). The lowest BCUT2D eigenvalue weighted by Crippen LogP contribution is -2.22. The van der Waals surface area contributed by atoms with Gasteiger partial charge in [0.1, 0.15) is 0 Å². The van der Waals surface area contributed by atoms with E-state index in [2.05, 4.69) is 34.1 Å². The van der Waals surface area contributed by atoms with Gasteiger partial charge in [0.2, 0.25) is 0 Å². The Morgan fingerprint density at radius 2 is 0.586 bits per heavy atom. The van der Waals surface area contributed by atoms with Crippen molar-refractivity contribution in [2.24, 2.45) is 0 Å². The van der Waals surface area contributed by atoms with Crippen LogP contribution in [0.4, 0.5) is 0 Å². The zero-order valence-corrected chi connectivity index (χ0v) is 32.5. The summed E-state index contributed by atoms with van der Waals surface area (Å²) in [5, 5.41) is 18.1. The van der Waals surface area contributed by atoms with Crippen LogP contribution in [-0.4, -0.2) is 58.1 Å². The third kappa shape index (κ3) is 13.1. The Hall–Kier alpha value is -6.88. The highest BCUT2D eigenvalue weighted by Gasteiger charge is 2.13. The zero-order valence-electron chi connectivity index (χ0n) is 32.5. The lowest BCUT2D eigenvalue weighted by molar-refractivity contribution is 0.0592. The summed E-state index contributed by atoms with van der Waals surface area (Å²) in [7, 11) is 2.76. The molecule has 0 atom stereocenters. The SMILES string of the molecule is COC(=O)c1ccc(CN(Cc2ccccc2)Cc2ccc(C(=O)OC)cc2)cc1.O=C(O)c1ccc(CN(Cc2ccccc2)Cc2ccc(C(=O)O)cc2)cc1. The van der Waals surface area contributed by atoms with Crippen molar-refractivity contribution in [2.45, 2.75) is 39.3 Å². The highest BCUT2D eigenvalue weighted by Crippen LogP contribution is 2.18. The molecule has 0 saturated carbocycles. The summed E-state index contributed by atoms with van der Waals surface area (Å²) < 4.78 is 9.54. The molecule has 58 heavy (non-hydrogen) atoms. The molecule has 0 aromatic heterocycles. The summed E-state index contributed by atoms with van der Waals surface area (Å²) in [5.74, 6) is -2.56. The molecule has 6 aromatic rings. The van der Waals surface area contributed by atoms with E-state index >= 15 is 0 Å². The minimum Gasteiger partial charge on any atom is -0.478 e. The van der Waals surface area contributed by atoms with Gasteiger partial charge < -0.3 is 19.7 Å². The van der Waals surface area contributed by atoms with Crippen LogP contribution < -0.4 is 0 Å². The molecule has 2 N–H and O–H groups in total. The first kappa shape index (κ1) is 42.3. The topological polar surface area (TPSA) is 134 Å². The van der Waals surface area contributed by atoms with Gasteiger partial charge in [-0.25, -0.2) is 19.2 Å². The number of hydrogen-bond donors (Lipinski definition) is 2. The summed E-state index contributed by atoms with van der Waals surface area (Å²) in [6, 6.07) is 49.1. The molecule has 0 spiro atoms. The van der Waals surface area contributed by atoms with E-state index in [1.54, 1.807) is 48.5 Å². The molecule has 10 nitrogen and oxygen atoms in total. The molecule has 0 heterocycles. The van der Waals surface area contributed by atoms with Crippen molar-refractivity contribution in [3.05, 3.63) is 213 Å². The maximum atomic E-state index is 11.7. The molecule has 0 saturated heterocycles. The van der Waals surface area contributed by atoms with Crippen molar-refractivity contribution in [3.63, 3.8) is 0 Å². The summed E-state index contributed by atoms with van der Waals surface area (Å²) >= 11 is 0. The zero-order chi connectivity index (χ0) is 41.3. The number of nitrogens with zero attached hydrogens (tertiary/aromatic N) is 2. The van der Waals surface area contributed by atoms with Crippen LogP contribution in [0.3, 0.4) is 0 Å². The van der Waals surface area contributed by atoms with Crippen LogP contribution in [0.25, 0.3) is 0 Å². The fourth-order valence-corrected chi connectivity index (χ4v) is 6.29. The Morgan fingerprint density at radius 1 is 0.362 bits per heavy atom. The lowest BCUT2D eigenvalue weighted by atomic mass is 10.1. The van der Waals surface area contributed by atoms with Gasteiger partial charge in [0.15, 0.2) is 0 Å². The Kier molecular flexibility index (Phi) is 15.6.